The SMILES string of the molecule is Cn1cc(S(=O)(=O)N2CCCCCCC2)c(N)n1. The third kappa shape index (κ3) is 2.67. The lowest BCUT2D eigenvalue weighted by atomic mass is 10.1. The van der Waals surface area contributed by atoms with Crippen molar-refractivity contribution in [2.45, 2.75) is 37.0 Å². The molecule has 1 aromatic rings. The van der Waals surface area contributed by atoms with Gasteiger partial charge >= 0.3 is 0 Å². The molecule has 1 aliphatic heterocycles. The Morgan fingerprint density at radius 1 is 1.17 bits per heavy atom. The molecular weight excluding hydrogens is 252 g/mol. The second-order valence-electron chi connectivity index (χ2n) is 4.72. The summed E-state index contributed by atoms with van der Waals surface area (Å²) in [5.41, 5.74) is 5.67. The second kappa shape index (κ2) is 5.27. The quantitative estimate of drug-likeness (QED) is 0.869. The molecular formula is C11H20N4O2S. The van der Waals surface area contributed by atoms with Crippen LogP contribution >= 0.6 is 0 Å². The van der Waals surface area contributed by atoms with Crippen molar-refractivity contribution < 1.29 is 8.42 Å². The summed E-state index contributed by atoms with van der Waals surface area (Å²) in [7, 11) is -1.82. The molecule has 0 amide bonds. The van der Waals surface area contributed by atoms with Crippen LogP contribution in [0.5, 0.6) is 0 Å². The molecule has 0 aliphatic carbocycles. The van der Waals surface area contributed by atoms with Crippen LogP contribution in [0.4, 0.5) is 5.82 Å². The van der Waals surface area contributed by atoms with Crippen molar-refractivity contribution in [3.8, 4) is 0 Å². The van der Waals surface area contributed by atoms with E-state index in [2.05, 4.69) is 5.10 Å². The van der Waals surface area contributed by atoms with E-state index in [0.29, 0.717) is 13.1 Å². The maximum atomic E-state index is 12.5. The van der Waals surface area contributed by atoms with Gasteiger partial charge in [-0.1, -0.05) is 19.3 Å². The highest BCUT2D eigenvalue weighted by molar-refractivity contribution is 7.89. The highest BCUT2D eigenvalue weighted by Gasteiger charge is 2.28. The minimum atomic E-state index is -3.49. The van der Waals surface area contributed by atoms with Crippen molar-refractivity contribution >= 4 is 15.8 Å². The Balaban J connectivity index is 2.26. The third-order valence-corrected chi connectivity index (χ3v) is 5.17. The fraction of sp³-hybridized carbons (Fsp3) is 0.727. The highest BCUT2D eigenvalue weighted by Crippen LogP contribution is 2.23. The zero-order chi connectivity index (χ0) is 13.2. The lowest BCUT2D eigenvalue weighted by Gasteiger charge is -2.23. The lowest BCUT2D eigenvalue weighted by molar-refractivity contribution is 0.364. The van der Waals surface area contributed by atoms with E-state index in [1.165, 1.54) is 17.3 Å². The van der Waals surface area contributed by atoms with E-state index in [0.717, 1.165) is 25.7 Å². The molecule has 0 aromatic carbocycles. The number of aryl methyl sites for hydroxylation is 1. The molecule has 2 N–H and O–H groups in total. The second-order valence-corrected chi connectivity index (χ2v) is 6.63. The Labute approximate surface area is 108 Å². The minimum absolute atomic E-state index is 0.0829. The van der Waals surface area contributed by atoms with Crippen molar-refractivity contribution in [2.75, 3.05) is 18.8 Å². The number of nitrogens with two attached hydrogens (primary N) is 1. The van der Waals surface area contributed by atoms with E-state index >= 15 is 0 Å². The normalized spacial score (nSPS) is 19.4. The first-order valence-electron chi connectivity index (χ1n) is 6.31. The molecule has 6 nitrogen and oxygen atoms in total. The molecule has 1 saturated heterocycles. The number of hydrogen-bond donors (Lipinski definition) is 1. The van der Waals surface area contributed by atoms with Crippen LogP contribution in [0.3, 0.4) is 0 Å². The molecule has 18 heavy (non-hydrogen) atoms. The zero-order valence-corrected chi connectivity index (χ0v) is 11.5. The van der Waals surface area contributed by atoms with Gasteiger partial charge in [-0.25, -0.2) is 8.42 Å². The largest absolute Gasteiger partial charge is 0.381 e. The molecule has 0 bridgehead atoms. The van der Waals surface area contributed by atoms with Crippen LogP contribution in [0.2, 0.25) is 0 Å². The number of rotatable bonds is 2. The van der Waals surface area contributed by atoms with E-state index in [9.17, 15) is 8.42 Å². The summed E-state index contributed by atoms with van der Waals surface area (Å²) in [5.74, 6) is 0.0829. The number of sulfonamides is 1. The molecule has 1 aromatic heterocycles. The first-order chi connectivity index (χ1) is 8.51. The first-order valence-corrected chi connectivity index (χ1v) is 7.75. The van der Waals surface area contributed by atoms with Gasteiger partial charge in [0.15, 0.2) is 5.82 Å². The Hall–Kier alpha value is -1.08. The van der Waals surface area contributed by atoms with Crippen molar-refractivity contribution in [3.05, 3.63) is 6.20 Å². The van der Waals surface area contributed by atoms with Gasteiger partial charge in [-0.05, 0) is 12.8 Å². The summed E-state index contributed by atoms with van der Waals surface area (Å²) in [5, 5.41) is 3.90. The summed E-state index contributed by atoms with van der Waals surface area (Å²) >= 11 is 0. The smallest absolute Gasteiger partial charge is 0.248 e. The van der Waals surface area contributed by atoms with Gasteiger partial charge in [0, 0.05) is 26.3 Å². The van der Waals surface area contributed by atoms with Crippen molar-refractivity contribution in [1.82, 2.24) is 14.1 Å². The predicted octanol–water partition coefficient (Wildman–Crippen LogP) is 0.957. The average molecular weight is 272 g/mol. The molecule has 2 rings (SSSR count). The number of anilines is 1. The Morgan fingerprint density at radius 2 is 1.72 bits per heavy atom. The average Bonchev–Trinajstić information content (AvgIpc) is 2.57. The van der Waals surface area contributed by atoms with Crippen LogP contribution in [0.15, 0.2) is 11.1 Å². The van der Waals surface area contributed by atoms with Gasteiger partial charge in [-0.15, -0.1) is 0 Å². The Morgan fingerprint density at radius 3 is 2.22 bits per heavy atom. The molecule has 0 radical (unpaired) electrons. The van der Waals surface area contributed by atoms with Crippen LogP contribution in [0, 0.1) is 0 Å². The summed E-state index contributed by atoms with van der Waals surface area (Å²) in [6.07, 6.45) is 6.69. The predicted molar refractivity (Wildman–Crippen MR) is 69.5 cm³/mol. The van der Waals surface area contributed by atoms with Gasteiger partial charge < -0.3 is 5.73 Å². The molecule has 0 atom stereocenters. The number of nitrogen functional groups attached to an aromatic ring is 1. The molecule has 1 aliphatic rings. The van der Waals surface area contributed by atoms with Gasteiger partial charge in [-0.3, -0.25) is 4.68 Å². The summed E-state index contributed by atoms with van der Waals surface area (Å²) in [4.78, 5) is 0.130. The number of aromatic nitrogens is 2. The standard InChI is InChI=1S/C11H20N4O2S/c1-14-9-10(11(12)13-14)18(16,17)15-7-5-3-2-4-6-8-15/h9H,2-8H2,1H3,(H2,12,13). The minimum Gasteiger partial charge on any atom is -0.381 e. The van der Waals surface area contributed by atoms with Crippen molar-refractivity contribution in [2.24, 2.45) is 7.05 Å². The van der Waals surface area contributed by atoms with E-state index < -0.39 is 10.0 Å². The van der Waals surface area contributed by atoms with Crippen molar-refractivity contribution in [1.29, 1.82) is 0 Å². The zero-order valence-electron chi connectivity index (χ0n) is 10.7. The maximum Gasteiger partial charge on any atom is 0.248 e. The highest BCUT2D eigenvalue weighted by atomic mass is 32.2. The Bertz CT molecular complexity index is 501. The van der Waals surface area contributed by atoms with Crippen LogP contribution in [0.25, 0.3) is 0 Å². The maximum absolute atomic E-state index is 12.5. The van der Waals surface area contributed by atoms with Crippen molar-refractivity contribution in [3.63, 3.8) is 0 Å². The lowest BCUT2D eigenvalue weighted by Crippen LogP contribution is -2.34. The molecule has 0 unspecified atom stereocenters. The summed E-state index contributed by atoms with van der Waals surface area (Å²) in [6.45, 7) is 1.16. The molecule has 7 heteroatoms. The molecule has 0 saturated carbocycles. The van der Waals surface area contributed by atoms with Crippen LogP contribution < -0.4 is 5.73 Å². The van der Waals surface area contributed by atoms with Crippen LogP contribution in [-0.2, 0) is 17.1 Å². The van der Waals surface area contributed by atoms with E-state index in [4.69, 9.17) is 5.73 Å². The van der Waals surface area contributed by atoms with E-state index in [1.807, 2.05) is 0 Å². The molecule has 102 valence electrons. The van der Waals surface area contributed by atoms with Gasteiger partial charge in [0.05, 0.1) is 0 Å². The van der Waals surface area contributed by atoms with E-state index in [1.54, 1.807) is 11.4 Å². The number of nitrogens with zero attached hydrogens (tertiary/aromatic N) is 3. The molecule has 0 spiro atoms. The van der Waals surface area contributed by atoms with Gasteiger partial charge in [0.2, 0.25) is 10.0 Å². The fourth-order valence-corrected chi connectivity index (χ4v) is 3.89. The third-order valence-electron chi connectivity index (χ3n) is 3.25. The monoisotopic (exact) mass is 272 g/mol. The van der Waals surface area contributed by atoms with Gasteiger partial charge in [0.1, 0.15) is 4.90 Å². The summed E-state index contributed by atoms with van der Waals surface area (Å²) in [6, 6.07) is 0. The fourth-order valence-electron chi connectivity index (χ4n) is 2.28. The topological polar surface area (TPSA) is 81.2 Å². The molecule has 1 fully saturated rings. The number of hydrogen-bond acceptors (Lipinski definition) is 4. The first kappa shape index (κ1) is 13.4. The summed E-state index contributed by atoms with van der Waals surface area (Å²) < 4.78 is 27.9. The van der Waals surface area contributed by atoms with Crippen LogP contribution in [-0.4, -0.2) is 35.6 Å². The van der Waals surface area contributed by atoms with Gasteiger partial charge in [-0.2, -0.15) is 9.40 Å². The Kier molecular flexibility index (Phi) is 3.91. The molecule has 2 heterocycles. The van der Waals surface area contributed by atoms with E-state index in [-0.39, 0.29) is 10.7 Å². The van der Waals surface area contributed by atoms with Crippen LogP contribution in [0.1, 0.15) is 32.1 Å². The van der Waals surface area contributed by atoms with Gasteiger partial charge in [0.25, 0.3) is 0 Å².